The van der Waals surface area contributed by atoms with E-state index in [0.717, 1.165) is 12.1 Å². The third-order valence-corrected chi connectivity index (χ3v) is 4.10. The van der Waals surface area contributed by atoms with Crippen LogP contribution in [0.5, 0.6) is 0 Å². The normalized spacial score (nSPS) is 12.0. The number of benzene rings is 1. The first-order chi connectivity index (χ1) is 12.3. The molecule has 9 heteroatoms. The maximum Gasteiger partial charge on any atom is 0.417 e. The molecule has 2 amide bonds. The molecule has 0 radical (unpaired) electrons. The predicted octanol–water partition coefficient (Wildman–Crippen LogP) is 3.87. The number of rotatable bonds is 7. The molecular weight excluding hydrogens is 383 g/mol. The van der Waals surface area contributed by atoms with E-state index in [0.29, 0.717) is 0 Å². The SMILES string of the molecule is CC(C)N(C(=O)CN(C)CC(=O)Nc1ccc(Cl)c(C(F)(F)F)c1)C(C)C. The second-order valence-corrected chi connectivity index (χ2v) is 7.31. The quantitative estimate of drug-likeness (QED) is 0.746. The number of nitrogens with zero attached hydrogens (tertiary/aromatic N) is 2. The van der Waals surface area contributed by atoms with E-state index in [1.54, 1.807) is 11.9 Å². The van der Waals surface area contributed by atoms with Crippen LogP contribution in [0.4, 0.5) is 18.9 Å². The zero-order chi connectivity index (χ0) is 20.9. The Morgan fingerprint density at radius 2 is 1.67 bits per heavy atom. The molecule has 1 N–H and O–H groups in total. The van der Waals surface area contributed by atoms with Crippen LogP contribution in [-0.2, 0) is 15.8 Å². The van der Waals surface area contributed by atoms with Gasteiger partial charge in [0.2, 0.25) is 11.8 Å². The van der Waals surface area contributed by atoms with Gasteiger partial charge < -0.3 is 10.2 Å². The van der Waals surface area contributed by atoms with Crippen LogP contribution in [0.1, 0.15) is 33.3 Å². The highest BCUT2D eigenvalue weighted by atomic mass is 35.5. The number of amides is 2. The summed E-state index contributed by atoms with van der Waals surface area (Å²) in [6.45, 7) is 7.51. The van der Waals surface area contributed by atoms with Crippen LogP contribution in [0.3, 0.4) is 0 Å². The van der Waals surface area contributed by atoms with Gasteiger partial charge in [0.05, 0.1) is 23.7 Å². The lowest BCUT2D eigenvalue weighted by molar-refractivity contribution is -0.138. The van der Waals surface area contributed by atoms with Crippen molar-refractivity contribution >= 4 is 29.1 Å². The highest BCUT2D eigenvalue weighted by Gasteiger charge is 2.33. The molecule has 1 rings (SSSR count). The monoisotopic (exact) mass is 407 g/mol. The minimum atomic E-state index is -4.61. The van der Waals surface area contributed by atoms with Gasteiger partial charge in [0.15, 0.2) is 0 Å². The van der Waals surface area contributed by atoms with Gasteiger partial charge >= 0.3 is 6.18 Å². The first-order valence-corrected chi connectivity index (χ1v) is 8.87. The maximum absolute atomic E-state index is 12.9. The summed E-state index contributed by atoms with van der Waals surface area (Å²) in [5, 5.41) is 1.96. The Morgan fingerprint density at radius 3 is 2.15 bits per heavy atom. The molecule has 1 aromatic carbocycles. The fourth-order valence-corrected chi connectivity index (χ4v) is 3.03. The molecule has 0 heterocycles. The van der Waals surface area contributed by atoms with Crippen molar-refractivity contribution in [2.75, 3.05) is 25.5 Å². The van der Waals surface area contributed by atoms with E-state index < -0.39 is 22.7 Å². The number of hydrogen-bond donors (Lipinski definition) is 1. The fraction of sp³-hybridized carbons (Fsp3) is 0.556. The number of likely N-dealkylation sites (N-methyl/N-ethyl adjacent to an activating group) is 1. The van der Waals surface area contributed by atoms with Crippen molar-refractivity contribution in [1.82, 2.24) is 9.80 Å². The Balaban J connectivity index is 2.71. The molecule has 5 nitrogen and oxygen atoms in total. The lowest BCUT2D eigenvalue weighted by atomic mass is 10.2. The Labute approximate surface area is 162 Å². The number of nitrogens with one attached hydrogen (secondary N) is 1. The number of hydrogen-bond acceptors (Lipinski definition) is 3. The standard InChI is InChI=1S/C18H25ClF3N3O2/c1-11(2)25(12(3)4)17(27)10-24(5)9-16(26)23-13-6-7-15(19)14(8-13)18(20,21)22/h6-8,11-12H,9-10H2,1-5H3,(H,23,26). The van der Waals surface area contributed by atoms with Gasteiger partial charge in [-0.1, -0.05) is 11.6 Å². The van der Waals surface area contributed by atoms with Gasteiger partial charge in [-0.2, -0.15) is 13.2 Å². The molecule has 0 saturated heterocycles. The third kappa shape index (κ3) is 7.03. The van der Waals surface area contributed by atoms with Crippen molar-refractivity contribution in [1.29, 1.82) is 0 Å². The molecule has 0 bridgehead atoms. The van der Waals surface area contributed by atoms with Gasteiger partial charge in [0.1, 0.15) is 0 Å². The van der Waals surface area contributed by atoms with Gasteiger partial charge in [-0.25, -0.2) is 0 Å². The molecule has 152 valence electrons. The van der Waals surface area contributed by atoms with E-state index in [-0.39, 0.29) is 36.8 Å². The van der Waals surface area contributed by atoms with Gasteiger partial charge in [0, 0.05) is 17.8 Å². The molecule has 0 aliphatic rings. The molecule has 0 aliphatic carbocycles. The summed E-state index contributed by atoms with van der Waals surface area (Å²) in [5.74, 6) is -0.650. The summed E-state index contributed by atoms with van der Waals surface area (Å²) < 4.78 is 38.6. The van der Waals surface area contributed by atoms with Crippen LogP contribution in [0, 0.1) is 0 Å². The lowest BCUT2D eigenvalue weighted by Crippen LogP contribution is -2.47. The van der Waals surface area contributed by atoms with Crippen LogP contribution in [0.2, 0.25) is 5.02 Å². The summed E-state index contributed by atoms with van der Waals surface area (Å²) in [5.41, 5.74) is -1.03. The van der Waals surface area contributed by atoms with Gasteiger partial charge in [-0.15, -0.1) is 0 Å². The van der Waals surface area contributed by atoms with Gasteiger partial charge in [-0.3, -0.25) is 14.5 Å². The zero-order valence-electron chi connectivity index (χ0n) is 16.0. The topological polar surface area (TPSA) is 52.7 Å². The van der Waals surface area contributed by atoms with Crippen LogP contribution in [0.15, 0.2) is 18.2 Å². The number of alkyl halides is 3. The molecule has 1 aromatic rings. The van der Waals surface area contributed by atoms with Crippen molar-refractivity contribution in [2.45, 2.75) is 46.0 Å². The van der Waals surface area contributed by atoms with E-state index in [1.165, 1.54) is 11.0 Å². The molecular formula is C18H25ClF3N3O2. The number of carbonyl (C=O) groups excluding carboxylic acids is 2. The summed E-state index contributed by atoms with van der Waals surface area (Å²) in [7, 11) is 1.60. The highest BCUT2D eigenvalue weighted by molar-refractivity contribution is 6.31. The average molecular weight is 408 g/mol. The molecule has 0 aliphatic heterocycles. The van der Waals surface area contributed by atoms with Gasteiger partial charge in [-0.05, 0) is 52.9 Å². The Morgan fingerprint density at radius 1 is 1.11 bits per heavy atom. The van der Waals surface area contributed by atoms with Crippen LogP contribution >= 0.6 is 11.6 Å². The van der Waals surface area contributed by atoms with E-state index in [9.17, 15) is 22.8 Å². The number of halogens is 4. The smallest absolute Gasteiger partial charge is 0.337 e. The maximum atomic E-state index is 12.9. The molecule has 0 atom stereocenters. The zero-order valence-corrected chi connectivity index (χ0v) is 16.8. The third-order valence-electron chi connectivity index (χ3n) is 3.77. The van der Waals surface area contributed by atoms with E-state index in [2.05, 4.69) is 5.32 Å². The fourth-order valence-electron chi connectivity index (χ4n) is 2.81. The molecule has 0 aromatic heterocycles. The summed E-state index contributed by atoms with van der Waals surface area (Å²) in [6, 6.07) is 3.20. The van der Waals surface area contributed by atoms with Crippen LogP contribution in [0.25, 0.3) is 0 Å². The summed E-state index contributed by atoms with van der Waals surface area (Å²) >= 11 is 5.56. The second-order valence-electron chi connectivity index (χ2n) is 6.90. The number of carbonyl (C=O) groups is 2. The minimum Gasteiger partial charge on any atom is -0.337 e. The molecule has 27 heavy (non-hydrogen) atoms. The van der Waals surface area contributed by atoms with Crippen molar-refractivity contribution in [2.24, 2.45) is 0 Å². The van der Waals surface area contributed by atoms with Crippen molar-refractivity contribution in [3.63, 3.8) is 0 Å². The molecule has 0 fully saturated rings. The van der Waals surface area contributed by atoms with Crippen molar-refractivity contribution in [3.8, 4) is 0 Å². The summed E-state index contributed by atoms with van der Waals surface area (Å²) in [6.07, 6.45) is -4.61. The largest absolute Gasteiger partial charge is 0.417 e. The Bertz CT molecular complexity index is 670. The predicted molar refractivity (Wildman–Crippen MR) is 99.7 cm³/mol. The minimum absolute atomic E-state index is 0.0116. The molecule has 0 saturated carbocycles. The average Bonchev–Trinajstić information content (AvgIpc) is 2.46. The Hall–Kier alpha value is -1.80. The van der Waals surface area contributed by atoms with E-state index in [1.807, 2.05) is 27.7 Å². The van der Waals surface area contributed by atoms with Crippen LogP contribution < -0.4 is 5.32 Å². The molecule has 0 unspecified atom stereocenters. The highest BCUT2D eigenvalue weighted by Crippen LogP contribution is 2.36. The van der Waals surface area contributed by atoms with Gasteiger partial charge in [0.25, 0.3) is 0 Å². The first kappa shape index (κ1) is 23.2. The van der Waals surface area contributed by atoms with E-state index >= 15 is 0 Å². The van der Waals surface area contributed by atoms with E-state index in [4.69, 9.17) is 11.6 Å². The molecule has 0 spiro atoms. The lowest BCUT2D eigenvalue weighted by Gasteiger charge is -2.32. The Kier molecular flexibility index (Phi) is 8.10. The number of anilines is 1. The summed E-state index contributed by atoms with van der Waals surface area (Å²) in [4.78, 5) is 27.7. The van der Waals surface area contributed by atoms with Crippen molar-refractivity contribution in [3.05, 3.63) is 28.8 Å². The first-order valence-electron chi connectivity index (χ1n) is 8.49. The second kappa shape index (κ2) is 9.41. The van der Waals surface area contributed by atoms with Crippen molar-refractivity contribution < 1.29 is 22.8 Å². The van der Waals surface area contributed by atoms with Crippen LogP contribution in [-0.4, -0.2) is 53.8 Å².